The van der Waals surface area contributed by atoms with Gasteiger partial charge in [-0.15, -0.1) is 10.2 Å². The quantitative estimate of drug-likeness (QED) is 0.288. The summed E-state index contributed by atoms with van der Waals surface area (Å²) in [7, 11) is 0. The van der Waals surface area contributed by atoms with Crippen LogP contribution in [0.15, 0.2) is 62.3 Å². The SMILES string of the molecule is O=C(CSc1nnc(Nc2nc(O)c(C3=c4cc(Br)ccc4=NC3=O)s2)s1)Nc1ccccc1. The van der Waals surface area contributed by atoms with Gasteiger partial charge in [0.1, 0.15) is 4.88 Å². The zero-order valence-electron chi connectivity index (χ0n) is 17.0. The number of rotatable bonds is 7. The van der Waals surface area contributed by atoms with Crippen molar-refractivity contribution in [1.29, 1.82) is 0 Å². The number of hydrogen-bond donors (Lipinski definition) is 3. The van der Waals surface area contributed by atoms with Crippen LogP contribution in [0.5, 0.6) is 5.88 Å². The topological polar surface area (TPSA) is 129 Å². The molecule has 0 fully saturated rings. The van der Waals surface area contributed by atoms with Crippen molar-refractivity contribution < 1.29 is 14.7 Å². The van der Waals surface area contributed by atoms with Crippen LogP contribution in [0.4, 0.5) is 16.0 Å². The van der Waals surface area contributed by atoms with E-state index < -0.39 is 5.91 Å². The molecular formula is C21H13BrN6O3S3. The number of anilines is 3. The number of hydrogen-bond acceptors (Lipinski definition) is 10. The highest BCUT2D eigenvalue weighted by Crippen LogP contribution is 2.36. The molecule has 0 saturated carbocycles. The van der Waals surface area contributed by atoms with Crippen molar-refractivity contribution in [2.24, 2.45) is 4.99 Å². The number of carbonyl (C=O) groups excluding carboxylic acids is 2. The van der Waals surface area contributed by atoms with E-state index >= 15 is 0 Å². The Morgan fingerprint density at radius 2 is 1.91 bits per heavy atom. The number of amides is 2. The van der Waals surface area contributed by atoms with Gasteiger partial charge in [0.15, 0.2) is 9.47 Å². The number of aromatic nitrogens is 3. The number of benzene rings is 2. The van der Waals surface area contributed by atoms with E-state index in [0.717, 1.165) is 21.5 Å². The largest absolute Gasteiger partial charge is 0.492 e. The Balaban J connectivity index is 1.28. The molecule has 0 radical (unpaired) electrons. The Kier molecular flexibility index (Phi) is 6.41. The maximum absolute atomic E-state index is 12.5. The molecule has 2 amide bonds. The summed E-state index contributed by atoms with van der Waals surface area (Å²) < 4.78 is 1.40. The summed E-state index contributed by atoms with van der Waals surface area (Å²) in [6, 6.07) is 14.5. The van der Waals surface area contributed by atoms with Crippen LogP contribution in [-0.4, -0.2) is 37.9 Å². The minimum Gasteiger partial charge on any atom is -0.492 e. The van der Waals surface area contributed by atoms with Gasteiger partial charge in [0.05, 0.1) is 16.7 Å². The third-order valence-electron chi connectivity index (χ3n) is 4.50. The van der Waals surface area contributed by atoms with Gasteiger partial charge in [-0.25, -0.2) is 4.99 Å². The molecule has 0 aliphatic carbocycles. The third-order valence-corrected chi connectivity index (χ3v) is 7.95. The summed E-state index contributed by atoms with van der Waals surface area (Å²) >= 11 is 7.03. The van der Waals surface area contributed by atoms with Crippen LogP contribution in [0.1, 0.15) is 4.88 Å². The molecule has 9 nitrogen and oxygen atoms in total. The van der Waals surface area contributed by atoms with Gasteiger partial charge in [0.25, 0.3) is 5.91 Å². The van der Waals surface area contributed by atoms with Crippen LogP contribution in [-0.2, 0) is 9.59 Å². The second-order valence-electron chi connectivity index (χ2n) is 6.83. The van der Waals surface area contributed by atoms with Crippen LogP contribution in [0, 0.1) is 0 Å². The predicted molar refractivity (Wildman–Crippen MR) is 135 cm³/mol. The molecule has 0 atom stereocenters. The summed E-state index contributed by atoms with van der Waals surface area (Å²) in [6.45, 7) is 0. The molecule has 34 heavy (non-hydrogen) atoms. The minimum atomic E-state index is -0.429. The van der Waals surface area contributed by atoms with Crippen molar-refractivity contribution in [2.75, 3.05) is 16.4 Å². The lowest BCUT2D eigenvalue weighted by atomic mass is 10.1. The number of nitrogens with zero attached hydrogens (tertiary/aromatic N) is 4. The molecule has 13 heteroatoms. The van der Waals surface area contributed by atoms with E-state index in [1.165, 1.54) is 23.1 Å². The van der Waals surface area contributed by atoms with Crippen molar-refractivity contribution in [3.8, 4) is 5.88 Å². The van der Waals surface area contributed by atoms with Crippen molar-refractivity contribution in [3.05, 3.63) is 68.5 Å². The first-order valence-corrected chi connectivity index (χ1v) is 13.1. The maximum Gasteiger partial charge on any atom is 0.279 e. The van der Waals surface area contributed by atoms with Crippen molar-refractivity contribution in [3.63, 3.8) is 0 Å². The highest BCUT2D eigenvalue weighted by atomic mass is 79.9. The van der Waals surface area contributed by atoms with Crippen molar-refractivity contribution >= 4 is 83.7 Å². The van der Waals surface area contributed by atoms with E-state index in [1.807, 2.05) is 30.3 Å². The highest BCUT2D eigenvalue weighted by molar-refractivity contribution is 9.10. The molecule has 0 bridgehead atoms. The van der Waals surface area contributed by atoms with Gasteiger partial charge in [-0.05, 0) is 30.3 Å². The lowest BCUT2D eigenvalue weighted by molar-refractivity contribution is -0.114. The van der Waals surface area contributed by atoms with Crippen LogP contribution in [0.2, 0.25) is 0 Å². The number of fused-ring (bicyclic) bond motifs is 1. The Morgan fingerprint density at radius 3 is 2.74 bits per heavy atom. The summed E-state index contributed by atoms with van der Waals surface area (Å²) in [4.78, 5) is 33.1. The molecule has 3 N–H and O–H groups in total. The Morgan fingerprint density at radius 1 is 1.09 bits per heavy atom. The Bertz CT molecular complexity index is 1540. The fourth-order valence-corrected chi connectivity index (χ4v) is 5.98. The van der Waals surface area contributed by atoms with Crippen LogP contribution < -0.4 is 21.2 Å². The maximum atomic E-state index is 12.5. The van der Waals surface area contributed by atoms with Crippen LogP contribution >= 0.6 is 50.4 Å². The number of thioether (sulfide) groups is 1. The van der Waals surface area contributed by atoms with Gasteiger partial charge < -0.3 is 15.7 Å². The van der Waals surface area contributed by atoms with Gasteiger partial charge >= 0.3 is 0 Å². The third kappa shape index (κ3) is 4.87. The first-order valence-electron chi connectivity index (χ1n) is 9.67. The molecule has 1 aliphatic heterocycles. The lowest BCUT2D eigenvalue weighted by Gasteiger charge is -2.02. The summed E-state index contributed by atoms with van der Waals surface area (Å²) in [5.41, 5.74) is 1.03. The molecule has 2 aromatic carbocycles. The molecular weight excluding hydrogens is 560 g/mol. The molecule has 0 spiro atoms. The van der Waals surface area contributed by atoms with Gasteiger partial charge in [-0.3, -0.25) is 9.59 Å². The normalized spacial score (nSPS) is 12.4. The summed E-state index contributed by atoms with van der Waals surface area (Å²) in [5, 5.41) is 26.3. The molecule has 170 valence electrons. The zero-order valence-corrected chi connectivity index (χ0v) is 21.0. The summed E-state index contributed by atoms with van der Waals surface area (Å²) in [5.74, 6) is -0.659. The van der Waals surface area contributed by atoms with Gasteiger partial charge in [-0.2, -0.15) is 4.98 Å². The smallest absolute Gasteiger partial charge is 0.279 e. The lowest BCUT2D eigenvalue weighted by Crippen LogP contribution is -2.22. The fourth-order valence-electron chi connectivity index (χ4n) is 3.09. The van der Waals surface area contributed by atoms with Gasteiger partial charge in [0.2, 0.25) is 16.9 Å². The molecule has 0 unspecified atom stereocenters. The molecule has 1 aliphatic rings. The molecule has 3 heterocycles. The van der Waals surface area contributed by atoms with Crippen molar-refractivity contribution in [2.45, 2.75) is 4.34 Å². The predicted octanol–water partition coefficient (Wildman–Crippen LogP) is 3.30. The molecule has 4 aromatic rings. The van der Waals surface area contributed by atoms with Crippen LogP contribution in [0.25, 0.3) is 5.57 Å². The zero-order chi connectivity index (χ0) is 23.7. The second kappa shape index (κ2) is 9.62. The monoisotopic (exact) mass is 572 g/mol. The average molecular weight is 573 g/mol. The number of para-hydroxylation sites is 1. The number of nitrogens with one attached hydrogen (secondary N) is 2. The first-order chi connectivity index (χ1) is 16.5. The average Bonchev–Trinajstić information content (AvgIpc) is 3.49. The molecule has 0 saturated heterocycles. The van der Waals surface area contributed by atoms with E-state index in [4.69, 9.17) is 0 Å². The summed E-state index contributed by atoms with van der Waals surface area (Å²) in [6.07, 6.45) is 0. The standard InChI is InChI=1S/C21H13BrN6O3S3/c22-10-6-7-13-12(8-10)15(17(30)24-13)16-18(31)25-19(33-16)26-20-27-28-21(34-20)32-9-14(29)23-11-4-2-1-3-5-11/h1-8,31H,9H2,(H,23,29)(H,25,26,27). The number of aromatic hydroxyl groups is 1. The molecule has 2 aromatic heterocycles. The van der Waals surface area contributed by atoms with E-state index in [9.17, 15) is 14.7 Å². The number of thiazole rings is 1. The molecule has 5 rings (SSSR count). The van der Waals surface area contributed by atoms with Crippen molar-refractivity contribution in [1.82, 2.24) is 15.2 Å². The van der Waals surface area contributed by atoms with E-state index in [1.54, 1.807) is 18.2 Å². The fraction of sp³-hybridized carbons (Fsp3) is 0.0476. The first kappa shape index (κ1) is 22.7. The number of carbonyl (C=O) groups is 2. The van der Waals surface area contributed by atoms with E-state index in [-0.39, 0.29) is 17.5 Å². The van der Waals surface area contributed by atoms with E-state index in [0.29, 0.717) is 35.6 Å². The van der Waals surface area contributed by atoms with Gasteiger partial charge in [0, 0.05) is 15.4 Å². The van der Waals surface area contributed by atoms with E-state index in [2.05, 4.69) is 46.7 Å². The Labute approximate surface area is 212 Å². The highest BCUT2D eigenvalue weighted by Gasteiger charge is 2.25. The second-order valence-corrected chi connectivity index (χ2v) is 10.9. The van der Waals surface area contributed by atoms with Crippen LogP contribution in [0.3, 0.4) is 0 Å². The Hall–Kier alpha value is -3.13. The van der Waals surface area contributed by atoms with Gasteiger partial charge in [-0.1, -0.05) is 68.6 Å². The minimum absolute atomic E-state index is 0.147. The number of halogens is 1.